The van der Waals surface area contributed by atoms with Gasteiger partial charge in [0.05, 0.1) is 12.7 Å². The molecule has 0 unspecified atom stereocenters. The van der Waals surface area contributed by atoms with E-state index in [1.165, 1.54) is 6.20 Å². The van der Waals surface area contributed by atoms with E-state index in [4.69, 9.17) is 6.42 Å². The third-order valence-corrected chi connectivity index (χ3v) is 4.19. The maximum atomic E-state index is 12.0. The molecule has 0 saturated carbocycles. The van der Waals surface area contributed by atoms with Crippen LogP contribution in [0.25, 0.3) is 11.6 Å². The quantitative estimate of drug-likeness (QED) is 0.393. The number of amides is 1. The van der Waals surface area contributed by atoms with Crippen LogP contribution in [0.2, 0.25) is 0 Å². The summed E-state index contributed by atoms with van der Waals surface area (Å²) in [6.07, 6.45) is 17.4. The molecule has 0 spiro atoms. The molecule has 1 heterocycles. The van der Waals surface area contributed by atoms with E-state index in [0.29, 0.717) is 12.4 Å². The Kier molecular flexibility index (Phi) is 7.18. The second kappa shape index (κ2) is 9.79. The predicted molar refractivity (Wildman–Crippen MR) is 113 cm³/mol. The molecular weight excluding hydrogens is 350 g/mol. The van der Waals surface area contributed by atoms with Gasteiger partial charge in [-0.15, -0.1) is 11.3 Å². The minimum atomic E-state index is -0.874. The van der Waals surface area contributed by atoms with Gasteiger partial charge in [0.15, 0.2) is 0 Å². The number of aryl methyl sites for hydroxylation is 1. The van der Waals surface area contributed by atoms with E-state index in [9.17, 15) is 9.70 Å². The number of carbonyl (C=O) groups excluding carboxylic acids is 1. The number of nitrogens with zero attached hydrogens (tertiary/aromatic N) is 3. The molecule has 5 heteroatoms. The van der Waals surface area contributed by atoms with Gasteiger partial charge in [-0.25, -0.2) is 4.98 Å². The van der Waals surface area contributed by atoms with Crippen molar-refractivity contribution in [3.63, 3.8) is 0 Å². The van der Waals surface area contributed by atoms with Crippen LogP contribution in [0, 0.1) is 24.2 Å². The number of terminal acetylenes is 1. The zero-order valence-electron chi connectivity index (χ0n) is 15.9. The second-order valence-corrected chi connectivity index (χ2v) is 5.95. The molecule has 0 N–H and O–H groups in total. The van der Waals surface area contributed by atoms with E-state index in [-0.39, 0.29) is 5.69 Å². The van der Waals surface area contributed by atoms with Crippen molar-refractivity contribution in [2.24, 2.45) is 5.18 Å². The molecule has 0 atom stereocenters. The molecule has 0 saturated heterocycles. The van der Waals surface area contributed by atoms with Gasteiger partial charge in [0.25, 0.3) is 0 Å². The summed E-state index contributed by atoms with van der Waals surface area (Å²) in [6.45, 7) is 8.02. The van der Waals surface area contributed by atoms with Crippen LogP contribution in [0.3, 0.4) is 0 Å². The summed E-state index contributed by atoms with van der Waals surface area (Å²) in [5.74, 6) is 2.14. The first kappa shape index (κ1) is 20.5. The number of nitroso groups, excluding NO2 is 1. The van der Waals surface area contributed by atoms with Crippen LogP contribution in [0.4, 0.5) is 0 Å². The normalized spacial score (nSPS) is 11.7. The van der Waals surface area contributed by atoms with Crippen LogP contribution < -0.4 is 0 Å². The minimum absolute atomic E-state index is 0.117. The van der Waals surface area contributed by atoms with Crippen molar-refractivity contribution in [1.82, 2.24) is 9.55 Å². The first-order valence-corrected chi connectivity index (χ1v) is 8.67. The molecule has 0 fully saturated rings. The van der Waals surface area contributed by atoms with Crippen LogP contribution in [-0.2, 0) is 6.54 Å². The summed E-state index contributed by atoms with van der Waals surface area (Å²) in [5, 5.41) is 2.56. The van der Waals surface area contributed by atoms with E-state index >= 15 is 0 Å². The molecule has 28 heavy (non-hydrogen) atoms. The van der Waals surface area contributed by atoms with Gasteiger partial charge in [-0.3, -0.25) is 4.79 Å². The number of benzene rings is 1. The Balaban J connectivity index is 2.67. The van der Waals surface area contributed by atoms with Crippen molar-refractivity contribution in [3.8, 4) is 12.3 Å². The molecule has 1 amide bonds. The lowest BCUT2D eigenvalue weighted by Crippen LogP contribution is -2.12. The fourth-order valence-corrected chi connectivity index (χ4v) is 2.84. The first-order valence-electron chi connectivity index (χ1n) is 8.67. The Morgan fingerprint density at radius 2 is 2.21 bits per heavy atom. The lowest BCUT2D eigenvalue weighted by molar-refractivity contribution is 0.0992. The van der Waals surface area contributed by atoms with E-state index in [2.05, 4.69) is 22.7 Å². The molecule has 140 valence electrons. The van der Waals surface area contributed by atoms with E-state index in [1.807, 2.05) is 56.4 Å². The monoisotopic (exact) mass is 371 g/mol. The van der Waals surface area contributed by atoms with E-state index in [1.54, 1.807) is 16.7 Å². The minimum Gasteiger partial charge on any atom is -0.315 e. The first-order chi connectivity index (χ1) is 13.6. The number of carbonyl (C=O) groups is 1. The summed E-state index contributed by atoms with van der Waals surface area (Å²) in [6, 6.07) is 5.85. The Hall–Kier alpha value is -3.78. The van der Waals surface area contributed by atoms with Crippen LogP contribution in [-0.4, -0.2) is 15.5 Å². The highest BCUT2D eigenvalue weighted by molar-refractivity contribution is 5.93. The van der Waals surface area contributed by atoms with Crippen LogP contribution in [0.5, 0.6) is 0 Å². The van der Waals surface area contributed by atoms with Gasteiger partial charge in [-0.1, -0.05) is 55.0 Å². The van der Waals surface area contributed by atoms with Crippen molar-refractivity contribution >= 4 is 17.6 Å². The SMILES string of the molecule is C#C/C=C\c1c(C)cccc1Cn1c(C(=O)N=O)cnc1/C(C=C)=C/C=C\C. The summed E-state index contributed by atoms with van der Waals surface area (Å²) in [7, 11) is 0. The molecule has 0 bridgehead atoms. The number of hydrogen-bond donors (Lipinski definition) is 0. The number of aromatic nitrogens is 2. The summed E-state index contributed by atoms with van der Waals surface area (Å²) in [5.41, 5.74) is 3.76. The van der Waals surface area contributed by atoms with Gasteiger partial charge in [0, 0.05) is 10.7 Å². The average Bonchev–Trinajstić information content (AvgIpc) is 3.11. The van der Waals surface area contributed by atoms with Crippen LogP contribution >= 0.6 is 0 Å². The third-order valence-electron chi connectivity index (χ3n) is 4.19. The van der Waals surface area contributed by atoms with Crippen molar-refractivity contribution in [1.29, 1.82) is 0 Å². The second-order valence-electron chi connectivity index (χ2n) is 5.95. The predicted octanol–water partition coefficient (Wildman–Crippen LogP) is 4.94. The highest BCUT2D eigenvalue weighted by Crippen LogP contribution is 2.23. The van der Waals surface area contributed by atoms with Crippen LogP contribution in [0.1, 0.15) is 39.9 Å². The number of rotatable bonds is 7. The highest BCUT2D eigenvalue weighted by Gasteiger charge is 2.19. The smallest absolute Gasteiger partial charge is 0.315 e. The Morgan fingerprint density at radius 1 is 1.43 bits per heavy atom. The van der Waals surface area contributed by atoms with Crippen molar-refractivity contribution in [3.05, 3.63) is 94.5 Å². The molecule has 0 aliphatic heterocycles. The number of hydrogen-bond acceptors (Lipinski definition) is 3. The van der Waals surface area contributed by atoms with Gasteiger partial charge in [-0.2, -0.15) is 0 Å². The molecule has 1 aromatic heterocycles. The largest absolute Gasteiger partial charge is 0.334 e. The van der Waals surface area contributed by atoms with Gasteiger partial charge in [0.2, 0.25) is 0 Å². The lowest BCUT2D eigenvalue weighted by Gasteiger charge is -2.14. The number of allylic oxidation sites excluding steroid dienone is 6. The third kappa shape index (κ3) is 4.49. The molecule has 0 radical (unpaired) electrons. The summed E-state index contributed by atoms with van der Waals surface area (Å²) in [4.78, 5) is 27.3. The van der Waals surface area contributed by atoms with Gasteiger partial charge < -0.3 is 4.57 Å². The zero-order chi connectivity index (χ0) is 20.5. The molecule has 5 nitrogen and oxygen atoms in total. The molecule has 0 aliphatic rings. The fourth-order valence-electron chi connectivity index (χ4n) is 2.84. The van der Waals surface area contributed by atoms with Crippen molar-refractivity contribution in [2.45, 2.75) is 20.4 Å². The van der Waals surface area contributed by atoms with Crippen molar-refractivity contribution in [2.75, 3.05) is 0 Å². The summed E-state index contributed by atoms with van der Waals surface area (Å²) >= 11 is 0. The van der Waals surface area contributed by atoms with Gasteiger partial charge >= 0.3 is 5.91 Å². The summed E-state index contributed by atoms with van der Waals surface area (Å²) < 4.78 is 1.67. The van der Waals surface area contributed by atoms with Gasteiger partial charge in [-0.05, 0) is 42.7 Å². The Morgan fingerprint density at radius 3 is 2.86 bits per heavy atom. The molecular formula is C23H21N3O2. The maximum Gasteiger partial charge on any atom is 0.334 e. The molecule has 2 aromatic rings. The Labute approximate surface area is 164 Å². The fraction of sp³-hybridized carbons (Fsp3) is 0.130. The lowest BCUT2D eigenvalue weighted by atomic mass is 10.0. The molecule has 1 aromatic carbocycles. The molecule has 2 rings (SSSR count). The van der Waals surface area contributed by atoms with Crippen LogP contribution in [0.15, 0.2) is 66.5 Å². The highest BCUT2D eigenvalue weighted by atomic mass is 16.3. The zero-order valence-corrected chi connectivity index (χ0v) is 15.9. The standard InChI is InChI=1S/C23H21N3O2/c1-5-8-12-18(7-3)22-24-15-21(23(27)25-28)26(22)16-19-13-10-11-17(4)20(19)14-9-6-2/h2,5,7-15H,3,16H2,1,4H3/b8-5-,14-9-,18-12+. The topological polar surface area (TPSA) is 64.3 Å². The average molecular weight is 371 g/mol. The maximum absolute atomic E-state index is 12.0. The van der Waals surface area contributed by atoms with Crippen molar-refractivity contribution < 1.29 is 4.79 Å². The number of imidazole rings is 1. The Bertz CT molecular complexity index is 1030. The van der Waals surface area contributed by atoms with E-state index in [0.717, 1.165) is 22.3 Å². The molecule has 0 aliphatic carbocycles. The van der Waals surface area contributed by atoms with Gasteiger partial charge in [0.1, 0.15) is 11.5 Å². The van der Waals surface area contributed by atoms with E-state index < -0.39 is 5.91 Å².